The number of hydrogen-bond acceptors (Lipinski definition) is 2. The van der Waals surface area contributed by atoms with Crippen LogP contribution in [0.25, 0.3) is 0 Å². The number of carbonyl (C=O) groups excluding carboxylic acids is 1. The minimum Gasteiger partial charge on any atom is -0.497 e. The maximum Gasteiger partial charge on any atom is 0.252 e. The topological polar surface area (TPSA) is 38.3 Å². The summed E-state index contributed by atoms with van der Waals surface area (Å²) in [6.45, 7) is 3.93. The van der Waals surface area contributed by atoms with E-state index >= 15 is 0 Å². The van der Waals surface area contributed by atoms with Crippen molar-refractivity contribution in [1.29, 1.82) is 0 Å². The summed E-state index contributed by atoms with van der Waals surface area (Å²) in [5.74, 6) is 0.572. The molecule has 0 saturated carbocycles. The highest BCUT2D eigenvalue weighted by Gasteiger charge is 2.34. The number of hydrogen-bond donors (Lipinski definition) is 1. The van der Waals surface area contributed by atoms with Crippen molar-refractivity contribution in [3.05, 3.63) is 114 Å². The normalized spacial score (nSPS) is 10.9. The van der Waals surface area contributed by atoms with Crippen LogP contribution < -0.4 is 10.1 Å². The van der Waals surface area contributed by atoms with Crippen LogP contribution >= 0.6 is 0 Å². The van der Waals surface area contributed by atoms with Gasteiger partial charge in [-0.2, -0.15) is 0 Å². The first-order valence-corrected chi connectivity index (χ1v) is 8.88. The molecule has 0 bridgehead atoms. The van der Waals surface area contributed by atoms with Crippen LogP contribution in [0.3, 0.4) is 0 Å². The summed E-state index contributed by atoms with van der Waals surface area (Å²) in [4.78, 5) is 13.1. The molecule has 0 unspecified atom stereocenters. The van der Waals surface area contributed by atoms with Crippen LogP contribution in [0, 0.1) is 0 Å². The molecule has 0 aliphatic heterocycles. The maximum atomic E-state index is 13.1. The number of carbonyl (C=O) groups is 1. The number of ether oxygens (including phenoxy) is 1. The summed E-state index contributed by atoms with van der Waals surface area (Å²) < 4.78 is 5.18. The van der Waals surface area contributed by atoms with Crippen LogP contribution in [0.15, 0.2) is 97.6 Å². The smallest absolute Gasteiger partial charge is 0.252 e. The predicted octanol–water partition coefficient (Wildman–Crippen LogP) is 4.94. The molecule has 27 heavy (non-hydrogen) atoms. The summed E-state index contributed by atoms with van der Waals surface area (Å²) in [6, 6.07) is 27.1. The SMILES string of the molecule is C=CCC(NC(=O)c1ccc(OC)cc1)(c1ccccc1)c1ccccc1. The fraction of sp³-hybridized carbons (Fsp3) is 0.125. The fourth-order valence-electron chi connectivity index (χ4n) is 3.27. The largest absolute Gasteiger partial charge is 0.497 e. The van der Waals surface area contributed by atoms with Crippen molar-refractivity contribution in [2.24, 2.45) is 0 Å². The molecule has 0 heterocycles. The molecule has 1 amide bonds. The van der Waals surface area contributed by atoms with E-state index in [2.05, 4.69) is 11.9 Å². The number of benzene rings is 3. The van der Waals surface area contributed by atoms with E-state index in [0.717, 1.165) is 16.9 Å². The summed E-state index contributed by atoms with van der Waals surface area (Å²) in [5.41, 5.74) is 1.91. The average molecular weight is 357 g/mol. The van der Waals surface area contributed by atoms with Gasteiger partial charge in [0.15, 0.2) is 0 Å². The Kier molecular flexibility index (Phi) is 5.72. The second kappa shape index (κ2) is 8.37. The zero-order valence-corrected chi connectivity index (χ0v) is 15.4. The fourth-order valence-corrected chi connectivity index (χ4v) is 3.27. The minimum atomic E-state index is -0.693. The Labute approximate surface area is 160 Å². The molecule has 3 rings (SSSR count). The van der Waals surface area contributed by atoms with E-state index in [1.165, 1.54) is 0 Å². The van der Waals surface area contributed by atoms with Gasteiger partial charge in [-0.15, -0.1) is 6.58 Å². The van der Waals surface area contributed by atoms with Crippen molar-refractivity contribution >= 4 is 5.91 Å². The van der Waals surface area contributed by atoms with Crippen molar-refractivity contribution in [3.63, 3.8) is 0 Å². The molecule has 0 aliphatic carbocycles. The molecule has 3 nitrogen and oxygen atoms in total. The molecule has 0 atom stereocenters. The third-order valence-electron chi connectivity index (χ3n) is 4.66. The first kappa shape index (κ1) is 18.5. The summed E-state index contributed by atoms with van der Waals surface area (Å²) >= 11 is 0. The molecular weight excluding hydrogens is 334 g/mol. The van der Waals surface area contributed by atoms with E-state index in [9.17, 15) is 4.79 Å². The molecule has 0 saturated heterocycles. The lowest BCUT2D eigenvalue weighted by Crippen LogP contribution is -2.46. The third kappa shape index (κ3) is 3.93. The third-order valence-corrected chi connectivity index (χ3v) is 4.66. The Balaban J connectivity index is 2.05. The number of methoxy groups -OCH3 is 1. The Bertz CT molecular complexity index is 847. The van der Waals surface area contributed by atoms with Crippen LogP contribution in [0.5, 0.6) is 5.75 Å². The summed E-state index contributed by atoms with van der Waals surface area (Å²) in [6.07, 6.45) is 2.41. The van der Waals surface area contributed by atoms with Crippen molar-refractivity contribution in [3.8, 4) is 5.75 Å². The zero-order valence-electron chi connectivity index (χ0n) is 15.4. The molecule has 0 spiro atoms. The van der Waals surface area contributed by atoms with E-state index in [4.69, 9.17) is 4.74 Å². The van der Waals surface area contributed by atoms with Gasteiger partial charge >= 0.3 is 0 Å². The average Bonchev–Trinajstić information content (AvgIpc) is 2.74. The Morgan fingerprint density at radius 2 is 1.44 bits per heavy atom. The predicted molar refractivity (Wildman–Crippen MR) is 109 cm³/mol. The van der Waals surface area contributed by atoms with Gasteiger partial charge in [0.05, 0.1) is 12.6 Å². The molecule has 0 aliphatic rings. The molecular formula is C24H23NO2. The van der Waals surface area contributed by atoms with Crippen LogP contribution in [-0.2, 0) is 5.54 Å². The Morgan fingerprint density at radius 1 is 0.926 bits per heavy atom. The van der Waals surface area contributed by atoms with Gasteiger partial charge in [-0.3, -0.25) is 4.79 Å². The van der Waals surface area contributed by atoms with E-state index in [0.29, 0.717) is 12.0 Å². The molecule has 3 aromatic rings. The van der Waals surface area contributed by atoms with Crippen LogP contribution in [0.2, 0.25) is 0 Å². The maximum absolute atomic E-state index is 13.1. The Morgan fingerprint density at radius 3 is 1.89 bits per heavy atom. The standard InChI is InChI=1S/C24H23NO2/c1-3-18-24(20-10-6-4-7-11-20,21-12-8-5-9-13-21)25-23(26)19-14-16-22(27-2)17-15-19/h3-17H,1,18H2,2H3,(H,25,26). The lowest BCUT2D eigenvalue weighted by Gasteiger charge is -2.35. The Hall–Kier alpha value is -3.33. The lowest BCUT2D eigenvalue weighted by molar-refractivity contribution is 0.0913. The highest BCUT2D eigenvalue weighted by molar-refractivity contribution is 5.95. The van der Waals surface area contributed by atoms with E-state index in [-0.39, 0.29) is 5.91 Å². The molecule has 3 aromatic carbocycles. The van der Waals surface area contributed by atoms with Crippen LogP contribution in [0.4, 0.5) is 0 Å². The highest BCUT2D eigenvalue weighted by atomic mass is 16.5. The van der Waals surface area contributed by atoms with Gasteiger partial charge in [-0.1, -0.05) is 66.7 Å². The molecule has 3 heteroatoms. The van der Waals surface area contributed by atoms with E-state index < -0.39 is 5.54 Å². The molecule has 0 aromatic heterocycles. The van der Waals surface area contributed by atoms with Gasteiger partial charge in [0, 0.05) is 5.56 Å². The van der Waals surface area contributed by atoms with Gasteiger partial charge in [0.25, 0.3) is 5.91 Å². The number of nitrogens with one attached hydrogen (secondary N) is 1. The molecule has 0 radical (unpaired) electrons. The van der Waals surface area contributed by atoms with E-state index in [1.54, 1.807) is 31.4 Å². The lowest BCUT2D eigenvalue weighted by atomic mass is 9.79. The first-order chi connectivity index (χ1) is 13.2. The van der Waals surface area contributed by atoms with Gasteiger partial charge in [0.2, 0.25) is 0 Å². The second-order valence-corrected chi connectivity index (χ2v) is 6.31. The van der Waals surface area contributed by atoms with Gasteiger partial charge in [0.1, 0.15) is 5.75 Å². The van der Waals surface area contributed by atoms with E-state index in [1.807, 2.05) is 66.7 Å². The van der Waals surface area contributed by atoms with Gasteiger partial charge in [-0.25, -0.2) is 0 Å². The monoisotopic (exact) mass is 357 g/mol. The van der Waals surface area contributed by atoms with Gasteiger partial charge < -0.3 is 10.1 Å². The number of amides is 1. The van der Waals surface area contributed by atoms with Crippen molar-refractivity contribution in [1.82, 2.24) is 5.32 Å². The first-order valence-electron chi connectivity index (χ1n) is 8.88. The molecule has 136 valence electrons. The number of rotatable bonds is 7. The van der Waals surface area contributed by atoms with Crippen molar-refractivity contribution in [2.45, 2.75) is 12.0 Å². The summed E-state index contributed by atoms with van der Waals surface area (Å²) in [5, 5.41) is 3.27. The highest BCUT2D eigenvalue weighted by Crippen LogP contribution is 2.34. The molecule has 0 fully saturated rings. The zero-order chi connectivity index (χ0) is 19.1. The van der Waals surface area contributed by atoms with Crippen LogP contribution in [0.1, 0.15) is 27.9 Å². The quantitative estimate of drug-likeness (QED) is 0.608. The minimum absolute atomic E-state index is 0.146. The van der Waals surface area contributed by atoms with Crippen LogP contribution in [-0.4, -0.2) is 13.0 Å². The van der Waals surface area contributed by atoms with Gasteiger partial charge in [-0.05, 0) is 41.8 Å². The second-order valence-electron chi connectivity index (χ2n) is 6.31. The van der Waals surface area contributed by atoms with Crippen molar-refractivity contribution < 1.29 is 9.53 Å². The molecule has 1 N–H and O–H groups in total. The van der Waals surface area contributed by atoms with Crippen molar-refractivity contribution in [2.75, 3.05) is 7.11 Å². The summed E-state index contributed by atoms with van der Waals surface area (Å²) in [7, 11) is 1.61.